The fraction of sp³-hybridized carbons (Fsp3) is 0.750. The second kappa shape index (κ2) is 7.54. The minimum atomic E-state index is -1.20. The van der Waals surface area contributed by atoms with Gasteiger partial charge in [-0.25, -0.2) is 4.79 Å². The molecule has 0 spiro atoms. The Kier molecular flexibility index (Phi) is 8.37. The van der Waals surface area contributed by atoms with Crippen LogP contribution in [0.15, 0.2) is 0 Å². The Balaban J connectivity index is 0. The molecule has 0 aliphatic carbocycles. The highest BCUT2D eigenvalue weighted by atomic mass is 16.4. The van der Waals surface area contributed by atoms with Crippen molar-refractivity contribution in [3.63, 3.8) is 0 Å². The summed E-state index contributed by atoms with van der Waals surface area (Å²) in [5.74, 6) is -1.59. The molecule has 2 N–H and O–H groups in total. The van der Waals surface area contributed by atoms with Gasteiger partial charge in [0.1, 0.15) is 0 Å². The number of nitrogens with zero attached hydrogens (tertiary/aromatic N) is 1. The van der Waals surface area contributed by atoms with Crippen molar-refractivity contribution in [1.29, 1.82) is 0 Å². The third-order valence-electron chi connectivity index (χ3n) is 1.42. The third kappa shape index (κ3) is 5.19. The van der Waals surface area contributed by atoms with E-state index in [0.717, 1.165) is 4.90 Å². The summed E-state index contributed by atoms with van der Waals surface area (Å²) in [6.07, 6.45) is 0. The normalized spacial score (nSPS) is 10.8. The van der Waals surface area contributed by atoms with Crippen LogP contribution in [-0.2, 0) is 9.59 Å². The van der Waals surface area contributed by atoms with Gasteiger partial charge in [0.2, 0.25) is 5.91 Å². The summed E-state index contributed by atoms with van der Waals surface area (Å²) in [5, 5.41) is 17.0. The van der Waals surface area contributed by atoms with Crippen molar-refractivity contribution < 1.29 is 19.8 Å². The predicted octanol–water partition coefficient (Wildman–Crippen LogP) is -0.0636. The van der Waals surface area contributed by atoms with Crippen LogP contribution >= 0.6 is 0 Å². The molecule has 0 rings (SSSR count). The van der Waals surface area contributed by atoms with Crippen LogP contribution in [0.25, 0.3) is 0 Å². The Bertz CT molecular complexity index is 170. The summed E-state index contributed by atoms with van der Waals surface area (Å²) in [5.41, 5.74) is 0. The van der Waals surface area contributed by atoms with E-state index >= 15 is 0 Å². The quantitative estimate of drug-likeness (QED) is 0.655. The molecule has 0 aromatic heterocycles. The number of aliphatic hydroxyl groups is 1. The molecule has 1 atom stereocenters. The highest BCUT2D eigenvalue weighted by molar-refractivity contribution is 5.82. The number of hydrogen-bond donors (Lipinski definition) is 2. The maximum atomic E-state index is 10.6. The van der Waals surface area contributed by atoms with Gasteiger partial charge >= 0.3 is 5.97 Å². The van der Waals surface area contributed by atoms with Gasteiger partial charge in [0.15, 0.2) is 6.04 Å². The number of hydrogen-bond acceptors (Lipinski definition) is 3. The molecule has 0 saturated carbocycles. The molecule has 0 saturated heterocycles. The monoisotopic (exact) mass is 191 g/mol. The zero-order valence-electron chi connectivity index (χ0n) is 8.44. The Morgan fingerprint density at radius 3 is 1.85 bits per heavy atom. The maximum Gasteiger partial charge on any atom is 0.328 e. The SMILES string of the molecule is CC.CC(=O)N(C)C(CO)C(=O)O. The maximum absolute atomic E-state index is 10.6. The van der Waals surface area contributed by atoms with Crippen molar-refractivity contribution in [3.8, 4) is 0 Å². The number of aliphatic hydroxyl groups excluding tert-OH is 1. The lowest BCUT2D eigenvalue weighted by Crippen LogP contribution is -2.43. The van der Waals surface area contributed by atoms with Gasteiger partial charge < -0.3 is 15.1 Å². The highest BCUT2D eigenvalue weighted by Gasteiger charge is 2.22. The van der Waals surface area contributed by atoms with E-state index in [1.807, 2.05) is 13.8 Å². The first-order valence-corrected chi connectivity index (χ1v) is 4.07. The summed E-state index contributed by atoms with van der Waals surface area (Å²) in [7, 11) is 1.33. The van der Waals surface area contributed by atoms with E-state index in [1.165, 1.54) is 14.0 Å². The lowest BCUT2D eigenvalue weighted by molar-refractivity contribution is -0.149. The van der Waals surface area contributed by atoms with Crippen molar-refractivity contribution in [3.05, 3.63) is 0 Å². The molecule has 0 heterocycles. The van der Waals surface area contributed by atoms with Crippen LogP contribution in [-0.4, -0.2) is 46.7 Å². The Hall–Kier alpha value is -1.10. The second-order valence-corrected chi connectivity index (χ2v) is 2.17. The smallest absolute Gasteiger partial charge is 0.328 e. The molecule has 0 aliphatic rings. The number of aliphatic carboxylic acids is 1. The van der Waals surface area contributed by atoms with Crippen molar-refractivity contribution in [2.75, 3.05) is 13.7 Å². The Labute approximate surface area is 78.0 Å². The molecule has 0 aromatic rings. The van der Waals surface area contributed by atoms with Gasteiger partial charge in [0, 0.05) is 14.0 Å². The first kappa shape index (κ1) is 14.4. The van der Waals surface area contributed by atoms with Crippen molar-refractivity contribution in [2.24, 2.45) is 0 Å². The average Bonchev–Trinajstić information content (AvgIpc) is 2.08. The molecule has 13 heavy (non-hydrogen) atoms. The van der Waals surface area contributed by atoms with Crippen LogP contribution < -0.4 is 0 Å². The highest BCUT2D eigenvalue weighted by Crippen LogP contribution is 1.95. The fourth-order valence-corrected chi connectivity index (χ4v) is 0.586. The Morgan fingerprint density at radius 2 is 1.77 bits per heavy atom. The minimum Gasteiger partial charge on any atom is -0.480 e. The van der Waals surface area contributed by atoms with Gasteiger partial charge in [-0.3, -0.25) is 4.79 Å². The van der Waals surface area contributed by atoms with Gasteiger partial charge in [-0.2, -0.15) is 0 Å². The van der Waals surface area contributed by atoms with Gasteiger partial charge in [-0.1, -0.05) is 13.8 Å². The van der Waals surface area contributed by atoms with Gasteiger partial charge in [-0.05, 0) is 0 Å². The van der Waals surface area contributed by atoms with E-state index in [9.17, 15) is 9.59 Å². The minimum absolute atomic E-state index is 0.383. The first-order chi connectivity index (χ1) is 6.00. The van der Waals surface area contributed by atoms with Crippen LogP contribution in [0, 0.1) is 0 Å². The number of rotatable bonds is 3. The van der Waals surface area contributed by atoms with Crippen LogP contribution in [0.5, 0.6) is 0 Å². The fourth-order valence-electron chi connectivity index (χ4n) is 0.586. The largest absolute Gasteiger partial charge is 0.480 e. The molecule has 5 heteroatoms. The van der Waals surface area contributed by atoms with Crippen molar-refractivity contribution in [2.45, 2.75) is 26.8 Å². The summed E-state index contributed by atoms with van der Waals surface area (Å²) in [6.45, 7) is 4.68. The molecular formula is C8H17NO4. The van der Waals surface area contributed by atoms with E-state index in [2.05, 4.69) is 0 Å². The summed E-state index contributed by atoms with van der Waals surface area (Å²) < 4.78 is 0. The Morgan fingerprint density at radius 1 is 1.38 bits per heavy atom. The summed E-state index contributed by atoms with van der Waals surface area (Å²) >= 11 is 0. The van der Waals surface area contributed by atoms with E-state index in [4.69, 9.17) is 10.2 Å². The third-order valence-corrected chi connectivity index (χ3v) is 1.42. The number of carbonyl (C=O) groups is 2. The average molecular weight is 191 g/mol. The molecule has 0 fully saturated rings. The molecule has 0 aromatic carbocycles. The topological polar surface area (TPSA) is 77.8 Å². The summed E-state index contributed by atoms with van der Waals surface area (Å²) in [6, 6.07) is -1.13. The van der Waals surface area contributed by atoms with E-state index in [-0.39, 0.29) is 5.91 Å². The van der Waals surface area contributed by atoms with E-state index < -0.39 is 18.6 Å². The molecule has 0 bridgehead atoms. The zero-order valence-corrected chi connectivity index (χ0v) is 8.44. The van der Waals surface area contributed by atoms with Crippen LogP contribution in [0.3, 0.4) is 0 Å². The van der Waals surface area contributed by atoms with Gasteiger partial charge in [-0.15, -0.1) is 0 Å². The lowest BCUT2D eigenvalue weighted by Gasteiger charge is -2.20. The predicted molar refractivity (Wildman–Crippen MR) is 48.3 cm³/mol. The summed E-state index contributed by atoms with van der Waals surface area (Å²) in [4.78, 5) is 21.9. The number of carboxylic acid groups (broad SMARTS) is 1. The number of carbonyl (C=O) groups excluding carboxylic acids is 1. The molecular weight excluding hydrogens is 174 g/mol. The van der Waals surface area contributed by atoms with Crippen LogP contribution in [0.2, 0.25) is 0 Å². The van der Waals surface area contributed by atoms with Gasteiger partial charge in [0.05, 0.1) is 6.61 Å². The number of amides is 1. The van der Waals surface area contributed by atoms with Crippen molar-refractivity contribution >= 4 is 11.9 Å². The molecule has 5 nitrogen and oxygen atoms in total. The van der Waals surface area contributed by atoms with Crippen LogP contribution in [0.1, 0.15) is 20.8 Å². The number of likely N-dealkylation sites (N-methyl/N-ethyl adjacent to an activating group) is 1. The molecule has 78 valence electrons. The van der Waals surface area contributed by atoms with Crippen molar-refractivity contribution in [1.82, 2.24) is 4.90 Å². The molecule has 0 aliphatic heterocycles. The van der Waals surface area contributed by atoms with Crippen LogP contribution in [0.4, 0.5) is 0 Å². The number of carboxylic acids is 1. The van der Waals surface area contributed by atoms with E-state index in [1.54, 1.807) is 0 Å². The van der Waals surface area contributed by atoms with E-state index in [0.29, 0.717) is 0 Å². The second-order valence-electron chi connectivity index (χ2n) is 2.17. The van der Waals surface area contributed by atoms with Gasteiger partial charge in [0.25, 0.3) is 0 Å². The molecule has 1 amide bonds. The first-order valence-electron chi connectivity index (χ1n) is 4.07. The lowest BCUT2D eigenvalue weighted by atomic mass is 10.3. The standard InChI is InChI=1S/C6H11NO4.C2H6/c1-4(9)7(2)5(3-8)6(10)11;1-2/h5,8H,3H2,1-2H3,(H,10,11);1-2H3. The molecule has 1 unspecified atom stereocenters. The molecule has 0 radical (unpaired) electrons. The zero-order chi connectivity index (χ0) is 11.0.